The molecule has 4 nitrogen and oxygen atoms in total. The molecule has 0 aliphatic carbocycles. The molecule has 1 aliphatic heterocycles. The van der Waals surface area contributed by atoms with Crippen LogP contribution in [0.5, 0.6) is 0 Å². The minimum Gasteiger partial charge on any atom is -0.394 e. The first-order valence-corrected chi connectivity index (χ1v) is 6.71. The predicted octanol–water partition coefficient (Wildman–Crippen LogP) is 1.14. The Kier molecular flexibility index (Phi) is 4.15. The van der Waals surface area contributed by atoms with E-state index < -0.39 is 0 Å². The number of hydrogen-bond acceptors (Lipinski definition) is 4. The van der Waals surface area contributed by atoms with Crippen molar-refractivity contribution in [1.82, 2.24) is 4.90 Å². The third-order valence-electron chi connectivity index (χ3n) is 3.02. The van der Waals surface area contributed by atoms with E-state index in [1.807, 2.05) is 18.4 Å². The lowest BCUT2D eigenvalue weighted by atomic mass is 10.1. The van der Waals surface area contributed by atoms with Gasteiger partial charge in [0.05, 0.1) is 30.7 Å². The highest BCUT2D eigenvalue weighted by molar-refractivity contribution is 7.12. The lowest BCUT2D eigenvalue weighted by Gasteiger charge is -2.34. The van der Waals surface area contributed by atoms with Crippen LogP contribution in [0.2, 0.25) is 0 Å². The normalized spacial score (nSPS) is 20.6. The summed E-state index contributed by atoms with van der Waals surface area (Å²) < 4.78 is 5.28. The van der Waals surface area contributed by atoms with E-state index in [1.54, 1.807) is 4.90 Å². The van der Waals surface area contributed by atoms with Crippen molar-refractivity contribution < 1.29 is 14.6 Å². The van der Waals surface area contributed by atoms with Crippen LogP contribution in [0.3, 0.4) is 0 Å². The van der Waals surface area contributed by atoms with Gasteiger partial charge in [0.1, 0.15) is 0 Å². The Hall–Kier alpha value is -0.910. The maximum absolute atomic E-state index is 12.4. The molecule has 2 heterocycles. The van der Waals surface area contributed by atoms with Crippen LogP contribution >= 0.6 is 11.3 Å². The molecule has 17 heavy (non-hydrogen) atoms. The van der Waals surface area contributed by atoms with Crippen molar-refractivity contribution in [3.63, 3.8) is 0 Å². The van der Waals surface area contributed by atoms with Gasteiger partial charge in [-0.1, -0.05) is 6.92 Å². The van der Waals surface area contributed by atoms with E-state index in [-0.39, 0.29) is 18.6 Å². The monoisotopic (exact) mass is 255 g/mol. The second kappa shape index (κ2) is 5.62. The number of morpholine rings is 1. The average Bonchev–Trinajstić information content (AvgIpc) is 2.86. The summed E-state index contributed by atoms with van der Waals surface area (Å²) in [7, 11) is 0. The van der Waals surface area contributed by atoms with Gasteiger partial charge in [0.25, 0.3) is 5.91 Å². The van der Waals surface area contributed by atoms with Gasteiger partial charge in [0.2, 0.25) is 0 Å². The van der Waals surface area contributed by atoms with E-state index in [9.17, 15) is 9.90 Å². The number of rotatable bonds is 3. The number of hydrogen-bond donors (Lipinski definition) is 1. The number of carbonyl (C=O) groups is 1. The van der Waals surface area contributed by atoms with Crippen LogP contribution in [0, 0.1) is 0 Å². The van der Waals surface area contributed by atoms with Crippen LogP contribution in [0.4, 0.5) is 0 Å². The van der Waals surface area contributed by atoms with Crippen molar-refractivity contribution in [2.45, 2.75) is 19.4 Å². The fourth-order valence-electron chi connectivity index (χ4n) is 2.01. The maximum atomic E-state index is 12.4. The number of ether oxygens (including phenoxy) is 1. The Morgan fingerprint density at radius 2 is 2.53 bits per heavy atom. The van der Waals surface area contributed by atoms with Gasteiger partial charge < -0.3 is 14.7 Å². The third kappa shape index (κ3) is 2.51. The molecule has 0 radical (unpaired) electrons. The molecule has 1 N–H and O–H groups in total. The number of nitrogens with zero attached hydrogens (tertiary/aromatic N) is 1. The first-order valence-electron chi connectivity index (χ1n) is 5.83. The quantitative estimate of drug-likeness (QED) is 0.881. The van der Waals surface area contributed by atoms with Crippen LogP contribution in [0.25, 0.3) is 0 Å². The van der Waals surface area contributed by atoms with Gasteiger partial charge in [0.15, 0.2) is 0 Å². The summed E-state index contributed by atoms with van der Waals surface area (Å²) in [5, 5.41) is 11.2. The molecule has 1 aromatic rings. The molecule has 0 bridgehead atoms. The Morgan fingerprint density at radius 3 is 3.24 bits per heavy atom. The van der Waals surface area contributed by atoms with Crippen LogP contribution < -0.4 is 0 Å². The van der Waals surface area contributed by atoms with E-state index in [0.717, 1.165) is 16.9 Å². The summed E-state index contributed by atoms with van der Waals surface area (Å²) in [6.07, 6.45) is 0.860. The number of thiophene rings is 1. The van der Waals surface area contributed by atoms with Gasteiger partial charge in [-0.3, -0.25) is 4.79 Å². The topological polar surface area (TPSA) is 49.8 Å². The number of carbonyl (C=O) groups excluding carboxylic acids is 1. The van der Waals surface area contributed by atoms with E-state index in [2.05, 4.69) is 0 Å². The molecule has 0 saturated carbocycles. The standard InChI is InChI=1S/C12H17NO3S/c1-2-9-3-6-17-11(9)12(15)13-4-5-16-8-10(13)7-14/h3,6,10,14H,2,4-5,7-8H2,1H3. The zero-order chi connectivity index (χ0) is 12.3. The summed E-state index contributed by atoms with van der Waals surface area (Å²) in [6, 6.07) is 1.79. The number of aliphatic hydroxyl groups excluding tert-OH is 1. The van der Waals surface area contributed by atoms with Crippen molar-refractivity contribution in [2.75, 3.05) is 26.4 Å². The molecule has 1 atom stereocenters. The molecule has 1 amide bonds. The summed E-state index contributed by atoms with van der Waals surface area (Å²) in [6.45, 7) is 3.54. The molecule has 5 heteroatoms. The molecular weight excluding hydrogens is 238 g/mol. The predicted molar refractivity (Wildman–Crippen MR) is 66.4 cm³/mol. The Balaban J connectivity index is 2.18. The van der Waals surface area contributed by atoms with Gasteiger partial charge in [0, 0.05) is 6.54 Å². The molecule has 2 rings (SSSR count). The lowest BCUT2D eigenvalue weighted by Crippen LogP contribution is -2.50. The lowest BCUT2D eigenvalue weighted by molar-refractivity contribution is -0.0182. The van der Waals surface area contributed by atoms with Crippen molar-refractivity contribution in [3.05, 3.63) is 21.9 Å². The molecule has 1 aliphatic rings. The largest absolute Gasteiger partial charge is 0.394 e. The molecule has 1 saturated heterocycles. The van der Waals surface area contributed by atoms with E-state index in [1.165, 1.54) is 11.3 Å². The second-order valence-corrected chi connectivity index (χ2v) is 4.95. The van der Waals surface area contributed by atoms with Crippen LogP contribution in [-0.2, 0) is 11.2 Å². The van der Waals surface area contributed by atoms with Crippen molar-refractivity contribution in [1.29, 1.82) is 0 Å². The van der Waals surface area contributed by atoms with E-state index in [0.29, 0.717) is 19.8 Å². The van der Waals surface area contributed by atoms with E-state index in [4.69, 9.17) is 4.74 Å². The van der Waals surface area contributed by atoms with Gasteiger partial charge in [-0.15, -0.1) is 11.3 Å². The number of amides is 1. The molecule has 0 spiro atoms. The summed E-state index contributed by atoms with van der Waals surface area (Å²) in [5.74, 6) is 0.0270. The maximum Gasteiger partial charge on any atom is 0.264 e. The second-order valence-electron chi connectivity index (χ2n) is 4.04. The minimum atomic E-state index is -0.206. The highest BCUT2D eigenvalue weighted by Crippen LogP contribution is 2.21. The van der Waals surface area contributed by atoms with Gasteiger partial charge in [-0.2, -0.15) is 0 Å². The zero-order valence-electron chi connectivity index (χ0n) is 9.89. The highest BCUT2D eigenvalue weighted by Gasteiger charge is 2.29. The van der Waals surface area contributed by atoms with Crippen molar-refractivity contribution in [2.24, 2.45) is 0 Å². The summed E-state index contributed by atoms with van der Waals surface area (Å²) in [4.78, 5) is 14.9. The first-order chi connectivity index (χ1) is 8.27. The Morgan fingerprint density at radius 1 is 1.71 bits per heavy atom. The molecular formula is C12H17NO3S. The van der Waals surface area contributed by atoms with Crippen molar-refractivity contribution in [3.8, 4) is 0 Å². The fraction of sp³-hybridized carbons (Fsp3) is 0.583. The number of aryl methyl sites for hydroxylation is 1. The molecule has 1 fully saturated rings. The molecule has 1 aromatic heterocycles. The SMILES string of the molecule is CCc1ccsc1C(=O)N1CCOCC1CO. The minimum absolute atomic E-state index is 0.0270. The average molecular weight is 255 g/mol. The third-order valence-corrected chi connectivity index (χ3v) is 3.97. The van der Waals surface area contributed by atoms with Crippen LogP contribution in [-0.4, -0.2) is 48.3 Å². The highest BCUT2D eigenvalue weighted by atomic mass is 32.1. The fourth-order valence-corrected chi connectivity index (χ4v) is 2.96. The Labute approximate surface area is 105 Å². The molecule has 0 aromatic carbocycles. The van der Waals surface area contributed by atoms with Crippen molar-refractivity contribution >= 4 is 17.2 Å². The molecule has 94 valence electrons. The first kappa shape index (κ1) is 12.5. The molecule has 1 unspecified atom stereocenters. The zero-order valence-corrected chi connectivity index (χ0v) is 10.7. The smallest absolute Gasteiger partial charge is 0.264 e. The van der Waals surface area contributed by atoms with Gasteiger partial charge in [-0.05, 0) is 23.4 Å². The van der Waals surface area contributed by atoms with E-state index >= 15 is 0 Å². The van der Waals surface area contributed by atoms with Crippen LogP contribution in [0.15, 0.2) is 11.4 Å². The van der Waals surface area contributed by atoms with Crippen LogP contribution in [0.1, 0.15) is 22.2 Å². The van der Waals surface area contributed by atoms with Gasteiger partial charge in [-0.25, -0.2) is 0 Å². The summed E-state index contributed by atoms with van der Waals surface area (Å²) >= 11 is 1.47. The Bertz CT molecular complexity index is 391. The van der Waals surface area contributed by atoms with Gasteiger partial charge >= 0.3 is 0 Å². The summed E-state index contributed by atoms with van der Waals surface area (Å²) in [5.41, 5.74) is 1.09. The number of aliphatic hydroxyl groups is 1.